The van der Waals surface area contributed by atoms with Gasteiger partial charge in [-0.15, -0.1) is 35.3 Å². The van der Waals surface area contributed by atoms with Gasteiger partial charge in [0.25, 0.3) is 0 Å². The van der Waals surface area contributed by atoms with Crippen molar-refractivity contribution in [3.8, 4) is 0 Å². The molecule has 6 heteroatoms. The van der Waals surface area contributed by atoms with Crippen molar-refractivity contribution in [1.29, 1.82) is 0 Å². The Bertz CT molecular complexity index is 388. The van der Waals surface area contributed by atoms with Gasteiger partial charge in [0.05, 0.1) is 6.54 Å². The van der Waals surface area contributed by atoms with E-state index in [2.05, 4.69) is 44.5 Å². The zero-order valence-corrected chi connectivity index (χ0v) is 15.2. The fourth-order valence-corrected chi connectivity index (χ4v) is 3.32. The summed E-state index contributed by atoms with van der Waals surface area (Å²) < 4.78 is 1.15. The Hall–Kier alpha value is 0.180. The third-order valence-electron chi connectivity index (χ3n) is 2.75. The predicted molar refractivity (Wildman–Crippen MR) is 93.1 cm³/mol. The summed E-state index contributed by atoms with van der Waals surface area (Å²) in [7, 11) is 0. The summed E-state index contributed by atoms with van der Waals surface area (Å²) >= 11 is 5.22. The van der Waals surface area contributed by atoms with Gasteiger partial charge in [0.2, 0.25) is 0 Å². The van der Waals surface area contributed by atoms with E-state index in [1.807, 2.05) is 0 Å². The highest BCUT2D eigenvalue weighted by Crippen LogP contribution is 2.20. The lowest BCUT2D eigenvalue weighted by Gasteiger charge is -2.20. The van der Waals surface area contributed by atoms with Gasteiger partial charge in [-0.1, -0.05) is 0 Å². The van der Waals surface area contributed by atoms with E-state index in [1.165, 1.54) is 17.7 Å². The average molecular weight is 444 g/mol. The maximum Gasteiger partial charge on any atom is 0.194 e. The summed E-state index contributed by atoms with van der Waals surface area (Å²) in [5.41, 5.74) is 0. The Kier molecular flexibility index (Phi) is 7.55. The molecule has 0 unspecified atom stereocenters. The smallest absolute Gasteiger partial charge is 0.194 e. The second-order valence-electron chi connectivity index (χ2n) is 4.10. The lowest BCUT2D eigenvalue weighted by molar-refractivity contribution is 0.494. The molecular formula is C12H19BrIN3S. The fourth-order valence-electron chi connectivity index (χ4n) is 1.94. The van der Waals surface area contributed by atoms with Crippen LogP contribution in [0.4, 0.5) is 0 Å². The minimum absolute atomic E-state index is 0. The second-order valence-corrected chi connectivity index (χ2v) is 6.01. The number of guanidine groups is 1. The van der Waals surface area contributed by atoms with E-state index in [0.29, 0.717) is 0 Å². The van der Waals surface area contributed by atoms with Gasteiger partial charge in [-0.3, -0.25) is 0 Å². The van der Waals surface area contributed by atoms with E-state index in [1.54, 1.807) is 11.3 Å². The molecule has 102 valence electrons. The zero-order valence-electron chi connectivity index (χ0n) is 10.5. The molecule has 0 atom stereocenters. The Morgan fingerprint density at radius 3 is 2.78 bits per heavy atom. The number of hydrogen-bond acceptors (Lipinski definition) is 2. The molecule has 1 aromatic rings. The van der Waals surface area contributed by atoms with Gasteiger partial charge < -0.3 is 10.2 Å². The van der Waals surface area contributed by atoms with Crippen LogP contribution in [0.1, 0.15) is 24.6 Å². The van der Waals surface area contributed by atoms with Crippen LogP contribution >= 0.6 is 51.2 Å². The number of likely N-dealkylation sites (tertiary alicyclic amines) is 1. The topological polar surface area (TPSA) is 27.6 Å². The van der Waals surface area contributed by atoms with Crippen molar-refractivity contribution in [2.24, 2.45) is 4.99 Å². The highest BCUT2D eigenvalue weighted by Gasteiger charge is 2.15. The van der Waals surface area contributed by atoms with Crippen LogP contribution in [0.25, 0.3) is 0 Å². The molecule has 0 bridgehead atoms. The van der Waals surface area contributed by atoms with Crippen LogP contribution in [0.3, 0.4) is 0 Å². The molecule has 0 aromatic carbocycles. The van der Waals surface area contributed by atoms with E-state index in [0.717, 1.165) is 36.6 Å². The van der Waals surface area contributed by atoms with E-state index in [9.17, 15) is 0 Å². The van der Waals surface area contributed by atoms with Crippen molar-refractivity contribution in [2.75, 3.05) is 19.6 Å². The van der Waals surface area contributed by atoms with E-state index in [4.69, 9.17) is 4.99 Å². The summed E-state index contributed by atoms with van der Waals surface area (Å²) in [6, 6.07) is 2.14. The van der Waals surface area contributed by atoms with Gasteiger partial charge in [0.15, 0.2) is 5.96 Å². The molecule has 2 rings (SSSR count). The number of halogens is 2. The molecular weight excluding hydrogens is 425 g/mol. The van der Waals surface area contributed by atoms with Crippen molar-refractivity contribution in [2.45, 2.75) is 26.3 Å². The Morgan fingerprint density at radius 1 is 1.50 bits per heavy atom. The van der Waals surface area contributed by atoms with Crippen molar-refractivity contribution < 1.29 is 0 Å². The lowest BCUT2D eigenvalue weighted by Crippen LogP contribution is -2.39. The first-order chi connectivity index (χ1) is 8.29. The Labute approximate surface area is 138 Å². The minimum Gasteiger partial charge on any atom is -0.357 e. The molecule has 1 N–H and O–H groups in total. The average Bonchev–Trinajstić information content (AvgIpc) is 2.95. The van der Waals surface area contributed by atoms with Crippen molar-refractivity contribution >= 4 is 57.2 Å². The molecule has 1 aliphatic rings. The molecule has 2 heterocycles. The first kappa shape index (κ1) is 16.2. The van der Waals surface area contributed by atoms with Gasteiger partial charge in [-0.2, -0.15) is 0 Å². The highest BCUT2D eigenvalue weighted by atomic mass is 127. The van der Waals surface area contributed by atoms with Gasteiger partial charge >= 0.3 is 0 Å². The van der Waals surface area contributed by atoms with Crippen LogP contribution in [-0.4, -0.2) is 30.5 Å². The number of hydrogen-bond donors (Lipinski definition) is 1. The molecule has 18 heavy (non-hydrogen) atoms. The summed E-state index contributed by atoms with van der Waals surface area (Å²) in [6.45, 7) is 6.10. The Morgan fingerprint density at radius 2 is 2.22 bits per heavy atom. The molecule has 0 aliphatic carbocycles. The van der Waals surface area contributed by atoms with Gasteiger partial charge in [0.1, 0.15) is 0 Å². The molecule has 0 spiro atoms. The largest absolute Gasteiger partial charge is 0.357 e. The van der Waals surface area contributed by atoms with Crippen LogP contribution < -0.4 is 5.32 Å². The number of rotatable bonds is 3. The zero-order chi connectivity index (χ0) is 12.1. The first-order valence-electron chi connectivity index (χ1n) is 6.05. The summed E-state index contributed by atoms with van der Waals surface area (Å²) in [6.07, 6.45) is 2.57. The van der Waals surface area contributed by atoms with E-state index < -0.39 is 0 Å². The highest BCUT2D eigenvalue weighted by molar-refractivity contribution is 14.0. The fraction of sp³-hybridized carbons (Fsp3) is 0.583. The minimum atomic E-state index is 0. The molecule has 0 radical (unpaired) electrons. The van der Waals surface area contributed by atoms with E-state index >= 15 is 0 Å². The number of nitrogens with one attached hydrogen (secondary N) is 1. The molecule has 3 nitrogen and oxygen atoms in total. The molecule has 0 amide bonds. The van der Waals surface area contributed by atoms with Crippen molar-refractivity contribution in [3.63, 3.8) is 0 Å². The quantitative estimate of drug-likeness (QED) is 0.438. The molecule has 1 aromatic heterocycles. The predicted octanol–water partition coefficient (Wildman–Crippen LogP) is 3.69. The van der Waals surface area contributed by atoms with Crippen LogP contribution in [0.2, 0.25) is 0 Å². The summed E-state index contributed by atoms with van der Waals surface area (Å²) in [4.78, 5) is 8.35. The number of aliphatic imine (C=N–C) groups is 1. The normalized spacial score (nSPS) is 15.7. The monoisotopic (exact) mass is 443 g/mol. The second kappa shape index (κ2) is 8.37. The van der Waals surface area contributed by atoms with Gasteiger partial charge in [-0.05, 0) is 41.8 Å². The van der Waals surface area contributed by atoms with Crippen LogP contribution in [0, 0.1) is 0 Å². The molecule has 1 saturated heterocycles. The maximum atomic E-state index is 4.70. The lowest BCUT2D eigenvalue weighted by atomic mass is 10.4. The van der Waals surface area contributed by atoms with Crippen LogP contribution in [-0.2, 0) is 6.54 Å². The van der Waals surface area contributed by atoms with Gasteiger partial charge in [0, 0.05) is 34.4 Å². The maximum absolute atomic E-state index is 4.70. The summed E-state index contributed by atoms with van der Waals surface area (Å²) in [5.74, 6) is 1.06. The molecule has 1 fully saturated rings. The van der Waals surface area contributed by atoms with E-state index in [-0.39, 0.29) is 24.0 Å². The number of thiophene rings is 1. The summed E-state index contributed by atoms with van der Waals surface area (Å²) in [5, 5.41) is 5.48. The van der Waals surface area contributed by atoms with Crippen LogP contribution in [0.15, 0.2) is 20.9 Å². The molecule has 0 saturated carbocycles. The standard InChI is InChI=1S/C12H18BrN3S.HI/c1-2-14-12(16-5-3-4-6-16)15-8-11-7-10(13)9-17-11;/h7,9H,2-6,8H2,1H3,(H,14,15);1H. The first-order valence-corrected chi connectivity index (χ1v) is 7.73. The third kappa shape index (κ3) is 4.70. The number of nitrogens with zero attached hydrogens (tertiary/aromatic N) is 2. The van der Waals surface area contributed by atoms with Gasteiger partial charge in [-0.25, -0.2) is 4.99 Å². The van der Waals surface area contributed by atoms with Crippen molar-refractivity contribution in [1.82, 2.24) is 10.2 Å². The van der Waals surface area contributed by atoms with Crippen LogP contribution in [0.5, 0.6) is 0 Å². The SMILES string of the molecule is CCNC(=NCc1cc(Br)cs1)N1CCCC1.I. The third-order valence-corrected chi connectivity index (χ3v) is 4.43. The Balaban J connectivity index is 0.00000162. The molecule has 1 aliphatic heterocycles. The van der Waals surface area contributed by atoms with Crippen molar-refractivity contribution in [3.05, 3.63) is 20.8 Å².